The SMILES string of the molecule is CNCC1CCc2nc3cc(Br)ccc3c(=O)n21. The van der Waals surface area contributed by atoms with E-state index in [1.807, 2.05) is 29.8 Å². The van der Waals surface area contributed by atoms with Gasteiger partial charge >= 0.3 is 0 Å². The Kier molecular flexibility index (Phi) is 2.95. The number of nitrogens with one attached hydrogen (secondary N) is 1. The summed E-state index contributed by atoms with van der Waals surface area (Å²) in [6, 6.07) is 5.87. The van der Waals surface area contributed by atoms with Crippen LogP contribution >= 0.6 is 15.9 Å². The lowest BCUT2D eigenvalue weighted by Gasteiger charge is -2.14. The van der Waals surface area contributed by atoms with Gasteiger partial charge in [0.15, 0.2) is 0 Å². The summed E-state index contributed by atoms with van der Waals surface area (Å²) >= 11 is 3.42. The van der Waals surface area contributed by atoms with Crippen molar-refractivity contribution in [3.8, 4) is 0 Å². The molecule has 2 heterocycles. The number of likely N-dealkylation sites (N-methyl/N-ethyl adjacent to an activating group) is 1. The van der Waals surface area contributed by atoms with Crippen LogP contribution in [0.2, 0.25) is 0 Å². The van der Waals surface area contributed by atoms with E-state index in [1.54, 1.807) is 0 Å². The summed E-state index contributed by atoms with van der Waals surface area (Å²) in [5.41, 5.74) is 0.867. The van der Waals surface area contributed by atoms with Crippen molar-refractivity contribution in [3.63, 3.8) is 0 Å². The minimum atomic E-state index is 0.0836. The lowest BCUT2D eigenvalue weighted by Crippen LogP contribution is -2.29. The van der Waals surface area contributed by atoms with Crippen molar-refractivity contribution < 1.29 is 0 Å². The topological polar surface area (TPSA) is 46.9 Å². The van der Waals surface area contributed by atoms with Crippen LogP contribution in [0.5, 0.6) is 0 Å². The van der Waals surface area contributed by atoms with E-state index in [0.29, 0.717) is 5.39 Å². The molecule has 1 aliphatic rings. The quantitative estimate of drug-likeness (QED) is 0.921. The molecule has 1 N–H and O–H groups in total. The molecule has 0 saturated heterocycles. The molecular formula is C13H14BrN3O. The first kappa shape index (κ1) is 11.9. The van der Waals surface area contributed by atoms with Gasteiger partial charge in [-0.15, -0.1) is 0 Å². The summed E-state index contributed by atoms with van der Waals surface area (Å²) in [5, 5.41) is 3.84. The van der Waals surface area contributed by atoms with Gasteiger partial charge in [-0.25, -0.2) is 4.98 Å². The third-order valence-corrected chi connectivity index (χ3v) is 3.94. The highest BCUT2D eigenvalue weighted by Crippen LogP contribution is 2.24. The first-order valence-electron chi connectivity index (χ1n) is 6.06. The second kappa shape index (κ2) is 4.48. The Bertz CT molecular complexity index is 665. The zero-order chi connectivity index (χ0) is 12.7. The van der Waals surface area contributed by atoms with E-state index in [0.717, 1.165) is 35.2 Å². The average molecular weight is 308 g/mol. The molecule has 1 aromatic heterocycles. The number of aryl methyl sites for hydroxylation is 1. The molecule has 2 aromatic rings. The Hall–Kier alpha value is -1.20. The van der Waals surface area contributed by atoms with Gasteiger partial charge in [0.2, 0.25) is 0 Å². The average Bonchev–Trinajstić information content (AvgIpc) is 2.73. The monoisotopic (exact) mass is 307 g/mol. The molecular weight excluding hydrogens is 294 g/mol. The number of halogens is 1. The van der Waals surface area contributed by atoms with Gasteiger partial charge in [-0.2, -0.15) is 0 Å². The fraction of sp³-hybridized carbons (Fsp3) is 0.385. The van der Waals surface area contributed by atoms with Gasteiger partial charge in [-0.05, 0) is 31.7 Å². The molecule has 5 heteroatoms. The molecule has 1 aromatic carbocycles. The molecule has 1 unspecified atom stereocenters. The summed E-state index contributed by atoms with van der Waals surface area (Å²) in [6.45, 7) is 0.816. The minimum Gasteiger partial charge on any atom is -0.318 e. The van der Waals surface area contributed by atoms with Crippen LogP contribution in [0.15, 0.2) is 27.5 Å². The highest BCUT2D eigenvalue weighted by atomic mass is 79.9. The van der Waals surface area contributed by atoms with Gasteiger partial charge in [0.05, 0.1) is 16.9 Å². The molecule has 1 aliphatic heterocycles. The molecule has 0 spiro atoms. The van der Waals surface area contributed by atoms with Crippen molar-refractivity contribution in [1.82, 2.24) is 14.9 Å². The van der Waals surface area contributed by atoms with Crippen LogP contribution in [0.1, 0.15) is 18.3 Å². The van der Waals surface area contributed by atoms with Gasteiger partial charge in [0, 0.05) is 17.4 Å². The number of hydrogen-bond acceptors (Lipinski definition) is 3. The van der Waals surface area contributed by atoms with Gasteiger partial charge in [0.1, 0.15) is 5.82 Å². The largest absolute Gasteiger partial charge is 0.318 e. The molecule has 18 heavy (non-hydrogen) atoms. The number of rotatable bonds is 2. The molecule has 3 rings (SSSR count). The van der Waals surface area contributed by atoms with Crippen LogP contribution in [0.25, 0.3) is 10.9 Å². The number of fused-ring (bicyclic) bond motifs is 2. The maximum atomic E-state index is 12.5. The van der Waals surface area contributed by atoms with Crippen molar-refractivity contribution in [2.45, 2.75) is 18.9 Å². The fourth-order valence-corrected chi connectivity index (χ4v) is 2.97. The third-order valence-electron chi connectivity index (χ3n) is 3.44. The molecule has 94 valence electrons. The van der Waals surface area contributed by atoms with Crippen molar-refractivity contribution in [2.24, 2.45) is 0 Å². The highest BCUT2D eigenvalue weighted by Gasteiger charge is 2.24. The molecule has 4 nitrogen and oxygen atoms in total. The predicted molar refractivity (Wildman–Crippen MR) is 75.0 cm³/mol. The van der Waals surface area contributed by atoms with Crippen LogP contribution in [-0.4, -0.2) is 23.1 Å². The Balaban J connectivity index is 2.25. The van der Waals surface area contributed by atoms with Gasteiger partial charge in [-0.3, -0.25) is 9.36 Å². The van der Waals surface area contributed by atoms with Gasteiger partial charge in [-0.1, -0.05) is 15.9 Å². The van der Waals surface area contributed by atoms with Crippen LogP contribution in [-0.2, 0) is 6.42 Å². The Morgan fingerprint density at radius 1 is 1.56 bits per heavy atom. The zero-order valence-electron chi connectivity index (χ0n) is 10.1. The molecule has 0 fully saturated rings. The summed E-state index contributed by atoms with van der Waals surface area (Å²) in [6.07, 6.45) is 1.87. The van der Waals surface area contributed by atoms with Crippen molar-refractivity contribution in [1.29, 1.82) is 0 Å². The number of aromatic nitrogens is 2. The molecule has 1 atom stereocenters. The Morgan fingerprint density at radius 2 is 2.39 bits per heavy atom. The predicted octanol–water partition coefficient (Wildman–Crippen LogP) is 1.87. The molecule has 0 radical (unpaired) electrons. The lowest BCUT2D eigenvalue weighted by molar-refractivity contribution is 0.489. The first-order valence-corrected chi connectivity index (χ1v) is 6.85. The third kappa shape index (κ3) is 1.78. The van der Waals surface area contributed by atoms with Crippen LogP contribution in [0.4, 0.5) is 0 Å². The smallest absolute Gasteiger partial charge is 0.261 e. The van der Waals surface area contributed by atoms with E-state index < -0.39 is 0 Å². The molecule has 0 bridgehead atoms. The van der Waals surface area contributed by atoms with Crippen molar-refractivity contribution in [2.75, 3.05) is 13.6 Å². The minimum absolute atomic E-state index is 0.0836. The summed E-state index contributed by atoms with van der Waals surface area (Å²) in [4.78, 5) is 17.1. The van der Waals surface area contributed by atoms with Crippen molar-refractivity contribution >= 4 is 26.8 Å². The van der Waals surface area contributed by atoms with Gasteiger partial charge in [0.25, 0.3) is 5.56 Å². The summed E-state index contributed by atoms with van der Waals surface area (Å²) < 4.78 is 2.81. The summed E-state index contributed by atoms with van der Waals surface area (Å²) in [7, 11) is 1.91. The van der Waals surface area contributed by atoms with E-state index in [-0.39, 0.29) is 11.6 Å². The van der Waals surface area contributed by atoms with Crippen molar-refractivity contribution in [3.05, 3.63) is 38.9 Å². The highest BCUT2D eigenvalue weighted by molar-refractivity contribution is 9.10. The van der Waals surface area contributed by atoms with E-state index in [1.165, 1.54) is 0 Å². The maximum absolute atomic E-state index is 12.5. The van der Waals surface area contributed by atoms with E-state index >= 15 is 0 Å². The maximum Gasteiger partial charge on any atom is 0.261 e. The second-order valence-corrected chi connectivity index (χ2v) is 5.53. The van der Waals surface area contributed by atoms with Crippen LogP contribution < -0.4 is 10.9 Å². The second-order valence-electron chi connectivity index (χ2n) is 4.61. The van der Waals surface area contributed by atoms with E-state index in [2.05, 4.69) is 26.2 Å². The normalized spacial score (nSPS) is 18.2. The van der Waals surface area contributed by atoms with Crippen LogP contribution in [0.3, 0.4) is 0 Å². The van der Waals surface area contributed by atoms with Crippen LogP contribution in [0, 0.1) is 0 Å². The lowest BCUT2D eigenvalue weighted by atomic mass is 10.2. The standard InChI is InChI=1S/C13H14BrN3O/c1-15-7-9-3-5-12-16-11-6-8(14)2-4-10(11)13(18)17(9)12/h2,4,6,9,15H,3,5,7H2,1H3. The zero-order valence-corrected chi connectivity index (χ0v) is 11.7. The van der Waals surface area contributed by atoms with Gasteiger partial charge < -0.3 is 5.32 Å². The molecule has 0 aliphatic carbocycles. The number of benzene rings is 1. The fourth-order valence-electron chi connectivity index (χ4n) is 2.62. The van der Waals surface area contributed by atoms with E-state index in [4.69, 9.17) is 0 Å². The number of nitrogens with zero attached hydrogens (tertiary/aromatic N) is 2. The summed E-state index contributed by atoms with van der Waals surface area (Å²) in [5.74, 6) is 0.908. The Morgan fingerprint density at radius 3 is 3.17 bits per heavy atom. The molecule has 0 saturated carbocycles. The molecule has 0 amide bonds. The Labute approximate surface area is 113 Å². The van der Waals surface area contributed by atoms with E-state index in [9.17, 15) is 4.79 Å². The number of hydrogen-bond donors (Lipinski definition) is 1. The first-order chi connectivity index (χ1) is 8.70.